The van der Waals surface area contributed by atoms with Gasteiger partial charge >= 0.3 is 0 Å². The molecule has 0 saturated carbocycles. The molecule has 4 amide bonds. The van der Waals surface area contributed by atoms with Crippen molar-refractivity contribution < 1.29 is 28.7 Å². The molecule has 0 spiro atoms. The van der Waals surface area contributed by atoms with Gasteiger partial charge in [0.25, 0.3) is 5.91 Å². The number of imide groups is 1. The Morgan fingerprint density at radius 3 is 2.53 bits per heavy atom. The number of nitrogens with zero attached hydrogens (tertiary/aromatic N) is 2. The average Bonchev–Trinajstić information content (AvgIpc) is 3.20. The van der Waals surface area contributed by atoms with E-state index in [1.807, 2.05) is 24.3 Å². The Kier molecular flexibility index (Phi) is 6.57. The summed E-state index contributed by atoms with van der Waals surface area (Å²) in [6.45, 7) is 0.740. The topological polar surface area (TPSA) is 105 Å². The van der Waals surface area contributed by atoms with Crippen molar-refractivity contribution in [3.8, 4) is 5.75 Å². The van der Waals surface area contributed by atoms with Crippen molar-refractivity contribution in [1.82, 2.24) is 15.1 Å². The molecule has 11 heteroatoms. The Labute approximate surface area is 210 Å². The van der Waals surface area contributed by atoms with E-state index in [9.17, 15) is 19.2 Å². The molecule has 1 N–H and O–H groups in total. The highest BCUT2D eigenvalue weighted by molar-refractivity contribution is 6.22. The summed E-state index contributed by atoms with van der Waals surface area (Å²) in [5.41, 5.74) is 3.01. The lowest BCUT2D eigenvalue weighted by Crippen LogP contribution is -2.54. The molecular weight excluding hydrogens is 460 g/mol. The molecule has 0 aromatic heterocycles. The van der Waals surface area contributed by atoms with Gasteiger partial charge in [-0.15, -0.1) is 0 Å². The van der Waals surface area contributed by atoms with Gasteiger partial charge in [-0.3, -0.25) is 24.5 Å². The molecule has 2 saturated heterocycles. The molecule has 3 aliphatic rings. The number of morpholine rings is 1. The number of hydrogen-bond acceptors (Lipinski definition) is 6. The minimum Gasteiger partial charge on any atom is -0.489 e. The summed E-state index contributed by atoms with van der Waals surface area (Å²) in [4.78, 5) is 51.9. The van der Waals surface area contributed by atoms with Gasteiger partial charge in [-0.1, -0.05) is 30.3 Å². The van der Waals surface area contributed by atoms with Crippen molar-refractivity contribution in [3.63, 3.8) is 0 Å². The fraction of sp³-hybridized carbons (Fsp3) is 0.360. The average molecular weight is 483 g/mol. The number of carbonyl (C=O) groups is 4. The molecule has 2 aromatic carbocycles. The number of rotatable bonds is 6. The smallest absolute Gasteiger partial charge is 0.255 e. The Morgan fingerprint density at radius 1 is 1.03 bits per heavy atom. The second kappa shape index (κ2) is 9.81. The third kappa shape index (κ3) is 4.63. The summed E-state index contributed by atoms with van der Waals surface area (Å²) < 4.78 is 11.2. The van der Waals surface area contributed by atoms with Crippen molar-refractivity contribution in [2.24, 2.45) is 0 Å². The van der Waals surface area contributed by atoms with E-state index in [-0.39, 0.29) is 43.9 Å². The molecular formula is C25H23B2N3O6. The predicted octanol–water partition coefficient (Wildman–Crippen LogP) is 0.375. The molecule has 0 aliphatic carbocycles. The molecule has 4 radical (unpaired) electrons. The van der Waals surface area contributed by atoms with E-state index in [0.717, 1.165) is 16.7 Å². The van der Waals surface area contributed by atoms with E-state index < -0.39 is 23.9 Å². The summed E-state index contributed by atoms with van der Waals surface area (Å²) in [7, 11) is 11.8. The van der Waals surface area contributed by atoms with Crippen LogP contribution < -0.4 is 10.1 Å². The Bertz CT molecular complexity index is 1220. The van der Waals surface area contributed by atoms with Crippen LogP contribution in [0.2, 0.25) is 0 Å². The first-order valence-corrected chi connectivity index (χ1v) is 11.7. The third-order valence-electron chi connectivity index (χ3n) is 6.73. The van der Waals surface area contributed by atoms with Crippen LogP contribution in [0.1, 0.15) is 39.9 Å². The Balaban J connectivity index is 1.23. The van der Waals surface area contributed by atoms with Gasteiger partial charge in [-0.05, 0) is 29.7 Å². The maximum Gasteiger partial charge on any atom is 0.255 e. The molecule has 2 fully saturated rings. The molecule has 3 unspecified atom stereocenters. The lowest BCUT2D eigenvalue weighted by Gasteiger charge is -2.38. The largest absolute Gasteiger partial charge is 0.489 e. The van der Waals surface area contributed by atoms with Crippen LogP contribution in [0, 0.1) is 0 Å². The van der Waals surface area contributed by atoms with E-state index in [1.165, 1.54) is 9.80 Å². The normalized spacial score (nSPS) is 24.1. The summed E-state index contributed by atoms with van der Waals surface area (Å²) >= 11 is 0. The van der Waals surface area contributed by atoms with E-state index in [0.29, 0.717) is 24.3 Å². The van der Waals surface area contributed by atoms with Crippen LogP contribution in [0.25, 0.3) is 0 Å². The molecule has 180 valence electrons. The van der Waals surface area contributed by atoms with Crippen molar-refractivity contribution in [2.75, 3.05) is 6.61 Å². The molecule has 3 aliphatic heterocycles. The fourth-order valence-corrected chi connectivity index (χ4v) is 4.68. The van der Waals surface area contributed by atoms with E-state index >= 15 is 0 Å². The summed E-state index contributed by atoms with van der Waals surface area (Å²) in [6, 6.07) is 11.4. The van der Waals surface area contributed by atoms with Gasteiger partial charge in [-0.25, -0.2) is 0 Å². The van der Waals surface area contributed by atoms with Crippen LogP contribution in [0.15, 0.2) is 42.5 Å². The molecule has 36 heavy (non-hydrogen) atoms. The summed E-state index contributed by atoms with van der Waals surface area (Å²) in [5, 5.41) is 2.31. The molecule has 5 rings (SSSR count). The summed E-state index contributed by atoms with van der Waals surface area (Å²) in [6.07, 6.45) is 0.508. The number of piperidine rings is 1. The SMILES string of the molecule is [B]C1OCC(=O)N(Cc2ccc(COc3cccc4c3CN(C3CCC(=O)NC3=O)C4=O)cc2)C1[B]. The number of benzene rings is 2. The van der Waals surface area contributed by atoms with Crippen molar-refractivity contribution in [2.45, 2.75) is 50.5 Å². The lowest BCUT2D eigenvalue weighted by molar-refractivity contribution is -0.147. The van der Waals surface area contributed by atoms with Crippen LogP contribution in [0.5, 0.6) is 5.75 Å². The number of amides is 4. The van der Waals surface area contributed by atoms with Crippen molar-refractivity contribution >= 4 is 39.3 Å². The van der Waals surface area contributed by atoms with Crippen LogP contribution in [0.4, 0.5) is 0 Å². The van der Waals surface area contributed by atoms with Gasteiger partial charge in [0.1, 0.15) is 40.7 Å². The van der Waals surface area contributed by atoms with Crippen LogP contribution >= 0.6 is 0 Å². The highest BCUT2D eigenvalue weighted by atomic mass is 16.5. The van der Waals surface area contributed by atoms with Gasteiger partial charge in [-0.2, -0.15) is 0 Å². The number of nitrogens with one attached hydrogen (secondary N) is 1. The summed E-state index contributed by atoms with van der Waals surface area (Å²) in [5.74, 6) is -1.37. The maximum absolute atomic E-state index is 13.0. The van der Waals surface area contributed by atoms with Gasteiger partial charge in [0.2, 0.25) is 17.7 Å². The maximum atomic E-state index is 13.0. The minimum absolute atomic E-state index is 0.0916. The van der Waals surface area contributed by atoms with Gasteiger partial charge in [0.15, 0.2) is 0 Å². The first kappa shape index (κ1) is 24.1. The lowest BCUT2D eigenvalue weighted by atomic mass is 9.77. The van der Waals surface area contributed by atoms with E-state index in [2.05, 4.69) is 5.32 Å². The number of carbonyl (C=O) groups excluding carboxylic acids is 4. The van der Waals surface area contributed by atoms with Crippen molar-refractivity contribution in [3.05, 3.63) is 64.7 Å². The van der Waals surface area contributed by atoms with Crippen LogP contribution in [-0.4, -0.2) is 73.7 Å². The van der Waals surface area contributed by atoms with Crippen LogP contribution in [-0.2, 0) is 38.8 Å². The molecule has 9 nitrogen and oxygen atoms in total. The zero-order chi connectivity index (χ0) is 25.4. The van der Waals surface area contributed by atoms with E-state index in [1.54, 1.807) is 18.2 Å². The van der Waals surface area contributed by atoms with E-state index in [4.69, 9.17) is 25.2 Å². The number of hydrogen-bond donors (Lipinski definition) is 1. The Morgan fingerprint density at radius 2 is 1.78 bits per heavy atom. The quantitative estimate of drug-likeness (QED) is 0.471. The predicted molar refractivity (Wildman–Crippen MR) is 129 cm³/mol. The van der Waals surface area contributed by atoms with Gasteiger partial charge < -0.3 is 19.3 Å². The monoisotopic (exact) mass is 483 g/mol. The van der Waals surface area contributed by atoms with Gasteiger partial charge in [0, 0.05) is 36.0 Å². The zero-order valence-corrected chi connectivity index (χ0v) is 19.5. The molecule has 3 heterocycles. The van der Waals surface area contributed by atoms with Crippen molar-refractivity contribution in [1.29, 1.82) is 0 Å². The third-order valence-corrected chi connectivity index (χ3v) is 6.73. The molecule has 3 atom stereocenters. The molecule has 2 aromatic rings. The standard InChI is InChI=1S/C25H23B2N3O6/c26-22-23(27)36-13-21(32)30(22)10-14-4-6-15(7-5-14)12-35-19-3-1-2-16-17(19)11-29(25(16)34)18-8-9-20(31)28-24(18)33/h1-7,18,22-23H,8-13H2,(H,28,31,33). The fourth-order valence-electron chi connectivity index (χ4n) is 4.68. The van der Waals surface area contributed by atoms with Crippen LogP contribution in [0.3, 0.4) is 0 Å². The first-order chi connectivity index (χ1) is 17.3. The number of ether oxygens (including phenoxy) is 2. The highest BCUT2D eigenvalue weighted by Crippen LogP contribution is 2.34. The minimum atomic E-state index is -0.722. The first-order valence-electron chi connectivity index (χ1n) is 11.7. The Hall–Kier alpha value is -3.59. The van der Waals surface area contributed by atoms with Gasteiger partial charge in [0.05, 0.1) is 6.54 Å². The zero-order valence-electron chi connectivity index (χ0n) is 19.5. The number of fused-ring (bicyclic) bond motifs is 1. The second-order valence-corrected chi connectivity index (χ2v) is 9.08. The highest BCUT2D eigenvalue weighted by Gasteiger charge is 2.40. The second-order valence-electron chi connectivity index (χ2n) is 9.08. The molecule has 0 bridgehead atoms.